The molecule has 3 N–H and O–H groups in total. The maximum Gasteiger partial charge on any atom is 0.251 e. The Morgan fingerprint density at radius 1 is 1.45 bits per heavy atom. The van der Waals surface area contributed by atoms with E-state index in [-0.39, 0.29) is 30.3 Å². The minimum Gasteiger partial charge on any atom is -0.491 e. The number of hydrogen-bond donors (Lipinski definition) is 3. The van der Waals surface area contributed by atoms with Crippen LogP contribution in [0.2, 0.25) is 0 Å². The van der Waals surface area contributed by atoms with Gasteiger partial charge in [-0.05, 0) is 32.0 Å². The smallest absolute Gasteiger partial charge is 0.251 e. The van der Waals surface area contributed by atoms with Crippen molar-refractivity contribution in [2.24, 2.45) is 5.92 Å². The Labute approximate surface area is 145 Å². The van der Waals surface area contributed by atoms with Gasteiger partial charge in [-0.1, -0.05) is 15.9 Å². The molecular formula is C15H22BrClN2O3. The second kappa shape index (κ2) is 8.72. The number of carbonyl (C=O) groups is 1. The molecule has 0 aromatic heterocycles. The number of nitrogens with one attached hydrogen (secondary N) is 2. The monoisotopic (exact) mass is 392 g/mol. The average molecular weight is 394 g/mol. The van der Waals surface area contributed by atoms with E-state index in [1.54, 1.807) is 12.1 Å². The van der Waals surface area contributed by atoms with Crippen LogP contribution in [0, 0.1) is 5.92 Å². The summed E-state index contributed by atoms with van der Waals surface area (Å²) in [4.78, 5) is 12.2. The largest absolute Gasteiger partial charge is 0.491 e. The Bertz CT molecular complexity index is 514. The van der Waals surface area contributed by atoms with Gasteiger partial charge in [-0.25, -0.2) is 0 Å². The number of rotatable bonds is 5. The minimum atomic E-state index is -0.396. The second-order valence-corrected chi connectivity index (χ2v) is 6.45. The molecule has 0 bridgehead atoms. The van der Waals surface area contributed by atoms with Crippen molar-refractivity contribution in [3.8, 4) is 5.75 Å². The van der Waals surface area contributed by atoms with Crippen LogP contribution < -0.4 is 15.4 Å². The zero-order valence-corrected chi connectivity index (χ0v) is 15.0. The van der Waals surface area contributed by atoms with E-state index in [1.807, 2.05) is 19.9 Å². The molecule has 7 heteroatoms. The fourth-order valence-electron chi connectivity index (χ4n) is 2.29. The molecule has 0 aliphatic carbocycles. The van der Waals surface area contributed by atoms with E-state index in [0.717, 1.165) is 11.0 Å². The summed E-state index contributed by atoms with van der Waals surface area (Å²) in [6.07, 6.45) is -0.345. The summed E-state index contributed by atoms with van der Waals surface area (Å²) in [6.45, 7) is 5.65. The molecule has 0 spiro atoms. The summed E-state index contributed by atoms with van der Waals surface area (Å²) in [7, 11) is 0. The maximum atomic E-state index is 12.2. The van der Waals surface area contributed by atoms with Crippen LogP contribution in [-0.2, 0) is 0 Å². The number of aliphatic hydroxyl groups excluding tert-OH is 1. The standard InChI is InChI=1S/C15H21BrN2O3.ClH/c1-9(2)21-13-4-10(3-12(16)5-13)15(20)18-7-11-6-17-8-14(11)19;/h3-5,9,11,14,17,19H,6-8H2,1-2H3,(H,18,20);1H. The van der Waals surface area contributed by atoms with Gasteiger partial charge in [0.2, 0.25) is 0 Å². The van der Waals surface area contributed by atoms with Gasteiger partial charge in [0.15, 0.2) is 0 Å². The van der Waals surface area contributed by atoms with E-state index in [9.17, 15) is 9.90 Å². The highest BCUT2D eigenvalue weighted by Crippen LogP contribution is 2.22. The number of hydrogen-bond acceptors (Lipinski definition) is 4. The van der Waals surface area contributed by atoms with Crippen LogP contribution in [-0.4, -0.2) is 42.9 Å². The number of halogens is 2. The maximum absolute atomic E-state index is 12.2. The summed E-state index contributed by atoms with van der Waals surface area (Å²) < 4.78 is 6.42. The predicted octanol–water partition coefficient (Wildman–Crippen LogP) is 1.97. The Hall–Kier alpha value is -0.820. The SMILES string of the molecule is CC(C)Oc1cc(Br)cc(C(=O)NCC2CNCC2O)c1.Cl. The lowest BCUT2D eigenvalue weighted by atomic mass is 10.1. The zero-order valence-electron chi connectivity index (χ0n) is 12.6. The number of carbonyl (C=O) groups excluding carboxylic acids is 1. The zero-order chi connectivity index (χ0) is 15.4. The fraction of sp³-hybridized carbons (Fsp3) is 0.533. The van der Waals surface area contributed by atoms with Crippen LogP contribution >= 0.6 is 28.3 Å². The molecule has 1 aliphatic rings. The summed E-state index contributed by atoms with van der Waals surface area (Å²) in [6, 6.07) is 5.32. The van der Waals surface area contributed by atoms with Gasteiger partial charge in [-0.15, -0.1) is 12.4 Å². The van der Waals surface area contributed by atoms with Crippen molar-refractivity contribution in [3.63, 3.8) is 0 Å². The molecule has 1 aliphatic heterocycles. The third kappa shape index (κ3) is 5.43. The number of aliphatic hydroxyl groups is 1. The van der Waals surface area contributed by atoms with E-state index in [2.05, 4.69) is 26.6 Å². The fourth-order valence-corrected chi connectivity index (χ4v) is 2.76. The van der Waals surface area contributed by atoms with Gasteiger partial charge < -0.3 is 20.5 Å². The minimum absolute atomic E-state index is 0. The lowest BCUT2D eigenvalue weighted by molar-refractivity contribution is 0.0926. The molecule has 0 radical (unpaired) electrons. The third-order valence-corrected chi connectivity index (χ3v) is 3.79. The van der Waals surface area contributed by atoms with Gasteiger partial charge in [0.25, 0.3) is 5.91 Å². The highest BCUT2D eigenvalue weighted by atomic mass is 79.9. The van der Waals surface area contributed by atoms with Crippen molar-refractivity contribution < 1.29 is 14.6 Å². The molecule has 2 rings (SSSR count). The van der Waals surface area contributed by atoms with E-state index in [0.29, 0.717) is 24.4 Å². The van der Waals surface area contributed by atoms with E-state index >= 15 is 0 Å². The molecule has 0 saturated carbocycles. The molecule has 1 fully saturated rings. The Kier molecular flexibility index (Phi) is 7.62. The molecule has 1 amide bonds. The van der Waals surface area contributed by atoms with Crippen molar-refractivity contribution in [2.45, 2.75) is 26.1 Å². The van der Waals surface area contributed by atoms with Gasteiger partial charge >= 0.3 is 0 Å². The molecule has 22 heavy (non-hydrogen) atoms. The first-order valence-electron chi connectivity index (χ1n) is 7.10. The molecule has 1 aromatic carbocycles. The Morgan fingerprint density at radius 2 is 2.18 bits per heavy atom. The first kappa shape index (κ1) is 19.2. The predicted molar refractivity (Wildman–Crippen MR) is 91.9 cm³/mol. The molecule has 5 nitrogen and oxygen atoms in total. The van der Waals surface area contributed by atoms with Gasteiger partial charge in [0.05, 0.1) is 12.2 Å². The van der Waals surface area contributed by atoms with Crippen LogP contribution in [0.25, 0.3) is 0 Å². The van der Waals surface area contributed by atoms with Gasteiger partial charge in [-0.2, -0.15) is 0 Å². The quantitative estimate of drug-likeness (QED) is 0.715. The normalized spacial score (nSPS) is 20.6. The van der Waals surface area contributed by atoms with Crippen LogP contribution in [0.15, 0.2) is 22.7 Å². The van der Waals surface area contributed by atoms with Crippen molar-refractivity contribution in [1.29, 1.82) is 0 Å². The molecule has 1 heterocycles. The van der Waals surface area contributed by atoms with E-state index < -0.39 is 6.10 Å². The summed E-state index contributed by atoms with van der Waals surface area (Å²) >= 11 is 3.39. The average Bonchev–Trinajstić information content (AvgIpc) is 2.80. The molecule has 1 aromatic rings. The number of ether oxygens (including phenoxy) is 1. The second-order valence-electron chi connectivity index (χ2n) is 5.54. The van der Waals surface area contributed by atoms with Gasteiger partial charge in [0, 0.05) is 35.6 Å². The molecule has 2 unspecified atom stereocenters. The third-order valence-electron chi connectivity index (χ3n) is 3.33. The van der Waals surface area contributed by atoms with Crippen LogP contribution in [0.1, 0.15) is 24.2 Å². The molecular weight excluding hydrogens is 372 g/mol. The molecule has 2 atom stereocenters. The summed E-state index contributed by atoms with van der Waals surface area (Å²) in [5, 5.41) is 15.7. The molecule has 1 saturated heterocycles. The first-order chi connectivity index (χ1) is 9.95. The van der Waals surface area contributed by atoms with Gasteiger partial charge in [-0.3, -0.25) is 4.79 Å². The molecule has 124 valence electrons. The van der Waals surface area contributed by atoms with Crippen LogP contribution in [0.5, 0.6) is 5.75 Å². The summed E-state index contributed by atoms with van der Waals surface area (Å²) in [5.41, 5.74) is 0.542. The van der Waals surface area contributed by atoms with Crippen molar-refractivity contribution in [1.82, 2.24) is 10.6 Å². The Morgan fingerprint density at radius 3 is 2.77 bits per heavy atom. The lowest BCUT2D eigenvalue weighted by Crippen LogP contribution is -2.34. The van der Waals surface area contributed by atoms with Crippen molar-refractivity contribution >= 4 is 34.2 Å². The van der Waals surface area contributed by atoms with Crippen LogP contribution in [0.4, 0.5) is 0 Å². The number of benzene rings is 1. The number of amides is 1. The topological polar surface area (TPSA) is 70.6 Å². The van der Waals surface area contributed by atoms with Crippen molar-refractivity contribution in [2.75, 3.05) is 19.6 Å². The number of β-amino-alcohol motifs (C(OH)–C–C–N with tert-alkyl or cyclic N) is 1. The van der Waals surface area contributed by atoms with Crippen LogP contribution in [0.3, 0.4) is 0 Å². The first-order valence-corrected chi connectivity index (χ1v) is 7.89. The van der Waals surface area contributed by atoms with Gasteiger partial charge in [0.1, 0.15) is 5.75 Å². The van der Waals surface area contributed by atoms with Crippen molar-refractivity contribution in [3.05, 3.63) is 28.2 Å². The van der Waals surface area contributed by atoms with E-state index in [4.69, 9.17) is 4.74 Å². The lowest BCUT2D eigenvalue weighted by Gasteiger charge is -2.15. The highest BCUT2D eigenvalue weighted by molar-refractivity contribution is 9.10. The summed E-state index contributed by atoms with van der Waals surface area (Å²) in [5.74, 6) is 0.559. The Balaban J connectivity index is 0.00000242. The van der Waals surface area contributed by atoms with E-state index in [1.165, 1.54) is 0 Å². The highest BCUT2D eigenvalue weighted by Gasteiger charge is 2.25.